The molecule has 0 radical (unpaired) electrons. The standard InChI is InChI=1S/C20H23NO5S2/c1-14-5-6-15(2)17(12-14)18(22)13-26-20(23)16-7-9-21(10-8-16)28(24,25)19-4-3-11-27-19/h3-6,11-12,16H,7-10,13H2,1-2H3. The first-order valence-electron chi connectivity index (χ1n) is 9.10. The number of sulfonamides is 1. The highest BCUT2D eigenvalue weighted by molar-refractivity contribution is 7.91. The van der Waals surface area contributed by atoms with Gasteiger partial charge in [0, 0.05) is 18.7 Å². The molecule has 0 amide bonds. The molecule has 3 rings (SSSR count). The molecule has 0 aliphatic carbocycles. The fraction of sp³-hybridized carbons (Fsp3) is 0.400. The first kappa shape index (κ1) is 20.7. The molecule has 150 valence electrons. The highest BCUT2D eigenvalue weighted by atomic mass is 32.2. The third-order valence-corrected chi connectivity index (χ3v) is 8.19. The lowest BCUT2D eigenvalue weighted by atomic mass is 9.98. The minimum Gasteiger partial charge on any atom is -0.457 e. The zero-order valence-electron chi connectivity index (χ0n) is 15.9. The maximum Gasteiger partial charge on any atom is 0.309 e. The first-order valence-corrected chi connectivity index (χ1v) is 11.4. The van der Waals surface area contributed by atoms with Crippen LogP contribution in [0.15, 0.2) is 39.9 Å². The first-order chi connectivity index (χ1) is 13.3. The van der Waals surface area contributed by atoms with Crippen LogP contribution in [-0.4, -0.2) is 44.2 Å². The Hall–Kier alpha value is -2.03. The van der Waals surface area contributed by atoms with E-state index in [1.807, 2.05) is 26.0 Å². The second kappa shape index (κ2) is 8.55. The largest absolute Gasteiger partial charge is 0.457 e. The van der Waals surface area contributed by atoms with Gasteiger partial charge in [0.15, 0.2) is 6.61 Å². The number of thiophene rings is 1. The van der Waals surface area contributed by atoms with Crippen molar-refractivity contribution in [1.82, 2.24) is 4.31 Å². The van der Waals surface area contributed by atoms with Crippen molar-refractivity contribution in [2.45, 2.75) is 30.9 Å². The van der Waals surface area contributed by atoms with E-state index in [0.717, 1.165) is 11.1 Å². The van der Waals surface area contributed by atoms with E-state index in [4.69, 9.17) is 4.74 Å². The van der Waals surface area contributed by atoms with Crippen LogP contribution in [0.2, 0.25) is 0 Å². The van der Waals surface area contributed by atoms with E-state index in [9.17, 15) is 18.0 Å². The molecule has 1 fully saturated rings. The van der Waals surface area contributed by atoms with Crippen molar-refractivity contribution in [3.8, 4) is 0 Å². The Kier molecular flexibility index (Phi) is 6.32. The number of aryl methyl sites for hydroxylation is 2. The van der Waals surface area contributed by atoms with Crippen LogP contribution in [0.3, 0.4) is 0 Å². The molecule has 0 atom stereocenters. The van der Waals surface area contributed by atoms with Gasteiger partial charge >= 0.3 is 5.97 Å². The number of piperidine rings is 1. The molecular weight excluding hydrogens is 398 g/mol. The molecule has 0 N–H and O–H groups in total. The van der Waals surface area contributed by atoms with Gasteiger partial charge in [0.2, 0.25) is 5.78 Å². The van der Waals surface area contributed by atoms with E-state index >= 15 is 0 Å². The van der Waals surface area contributed by atoms with Gasteiger partial charge in [0.05, 0.1) is 5.92 Å². The van der Waals surface area contributed by atoms with E-state index < -0.39 is 16.0 Å². The number of rotatable bonds is 6. The molecule has 0 bridgehead atoms. The molecule has 8 heteroatoms. The number of ether oxygens (including phenoxy) is 1. The fourth-order valence-electron chi connectivity index (χ4n) is 3.24. The molecule has 1 aliphatic rings. The molecule has 0 spiro atoms. The van der Waals surface area contributed by atoms with E-state index in [1.165, 1.54) is 15.6 Å². The molecule has 0 unspecified atom stereocenters. The Morgan fingerprint density at radius 3 is 2.54 bits per heavy atom. The Bertz CT molecular complexity index is 958. The topological polar surface area (TPSA) is 80.8 Å². The van der Waals surface area contributed by atoms with Crippen molar-refractivity contribution in [3.05, 3.63) is 52.4 Å². The number of carbonyl (C=O) groups is 2. The summed E-state index contributed by atoms with van der Waals surface area (Å²) in [5, 5.41) is 1.73. The number of benzene rings is 1. The summed E-state index contributed by atoms with van der Waals surface area (Å²) >= 11 is 1.18. The molecular formula is C20H23NO5S2. The Morgan fingerprint density at radius 2 is 1.89 bits per heavy atom. The highest BCUT2D eigenvalue weighted by Crippen LogP contribution is 2.27. The van der Waals surface area contributed by atoms with Gasteiger partial charge in [-0.3, -0.25) is 9.59 Å². The van der Waals surface area contributed by atoms with Crippen LogP contribution in [0.25, 0.3) is 0 Å². The van der Waals surface area contributed by atoms with Gasteiger partial charge in [-0.05, 0) is 49.8 Å². The zero-order valence-corrected chi connectivity index (χ0v) is 17.5. The third kappa shape index (κ3) is 4.51. The zero-order chi connectivity index (χ0) is 20.3. The van der Waals surface area contributed by atoms with Crippen LogP contribution in [0.5, 0.6) is 0 Å². The summed E-state index contributed by atoms with van der Waals surface area (Å²) in [6, 6.07) is 8.87. The van der Waals surface area contributed by atoms with Gasteiger partial charge in [-0.15, -0.1) is 11.3 Å². The van der Waals surface area contributed by atoms with Crippen LogP contribution in [0.1, 0.15) is 34.3 Å². The van der Waals surface area contributed by atoms with Gasteiger partial charge in [-0.1, -0.05) is 23.8 Å². The summed E-state index contributed by atoms with van der Waals surface area (Å²) in [4.78, 5) is 24.7. The van der Waals surface area contributed by atoms with Gasteiger partial charge < -0.3 is 4.74 Å². The van der Waals surface area contributed by atoms with Crippen LogP contribution >= 0.6 is 11.3 Å². The van der Waals surface area contributed by atoms with Crippen molar-refractivity contribution in [2.24, 2.45) is 5.92 Å². The van der Waals surface area contributed by atoms with Crippen molar-refractivity contribution in [3.63, 3.8) is 0 Å². The molecule has 1 saturated heterocycles. The quantitative estimate of drug-likeness (QED) is 0.529. The predicted octanol–water partition coefficient (Wildman–Crippen LogP) is 3.19. The number of esters is 1. The number of Topliss-reactive ketones (excluding diaryl/α,β-unsaturated/α-hetero) is 1. The molecule has 1 aromatic carbocycles. The minimum absolute atomic E-state index is 0.229. The van der Waals surface area contributed by atoms with E-state index in [1.54, 1.807) is 23.6 Å². The average molecular weight is 422 g/mol. The summed E-state index contributed by atoms with van der Waals surface area (Å²) in [6.07, 6.45) is 0.780. The van der Waals surface area contributed by atoms with E-state index in [0.29, 0.717) is 22.6 Å². The SMILES string of the molecule is Cc1ccc(C)c(C(=O)COC(=O)C2CCN(S(=O)(=O)c3cccs3)CC2)c1. The summed E-state index contributed by atoms with van der Waals surface area (Å²) in [5.41, 5.74) is 2.38. The van der Waals surface area contributed by atoms with Gasteiger partial charge in [0.1, 0.15) is 4.21 Å². The van der Waals surface area contributed by atoms with Crippen molar-refractivity contribution in [2.75, 3.05) is 19.7 Å². The van der Waals surface area contributed by atoms with Gasteiger partial charge in [0.25, 0.3) is 10.0 Å². The molecule has 2 aromatic rings. The molecule has 6 nitrogen and oxygen atoms in total. The number of hydrogen-bond donors (Lipinski definition) is 0. The van der Waals surface area contributed by atoms with Crippen LogP contribution in [-0.2, 0) is 19.6 Å². The average Bonchev–Trinajstić information content (AvgIpc) is 3.23. The molecule has 0 saturated carbocycles. The van der Waals surface area contributed by atoms with Crippen molar-refractivity contribution >= 4 is 33.1 Å². The Labute approximate surface area is 169 Å². The van der Waals surface area contributed by atoms with Crippen molar-refractivity contribution < 1.29 is 22.7 Å². The minimum atomic E-state index is -3.49. The number of nitrogens with zero attached hydrogens (tertiary/aromatic N) is 1. The lowest BCUT2D eigenvalue weighted by Gasteiger charge is -2.29. The summed E-state index contributed by atoms with van der Waals surface area (Å²) < 4.78 is 32.0. The summed E-state index contributed by atoms with van der Waals surface area (Å²) in [7, 11) is -3.49. The van der Waals surface area contributed by atoms with E-state index in [2.05, 4.69) is 0 Å². The Balaban J connectivity index is 1.53. The van der Waals surface area contributed by atoms with Crippen LogP contribution in [0.4, 0.5) is 0 Å². The Morgan fingerprint density at radius 1 is 1.18 bits per heavy atom. The second-order valence-electron chi connectivity index (χ2n) is 6.96. The third-order valence-electron chi connectivity index (χ3n) is 4.92. The normalized spacial score (nSPS) is 16.1. The molecule has 28 heavy (non-hydrogen) atoms. The number of hydrogen-bond acceptors (Lipinski definition) is 6. The maximum absolute atomic E-state index is 12.5. The smallest absolute Gasteiger partial charge is 0.309 e. The summed E-state index contributed by atoms with van der Waals surface area (Å²) in [5.74, 6) is -1.06. The predicted molar refractivity (Wildman–Crippen MR) is 107 cm³/mol. The van der Waals surface area contributed by atoms with E-state index in [-0.39, 0.29) is 31.4 Å². The fourth-order valence-corrected chi connectivity index (χ4v) is 5.85. The maximum atomic E-state index is 12.5. The van der Waals surface area contributed by atoms with Crippen LogP contribution < -0.4 is 0 Å². The number of ketones is 1. The lowest BCUT2D eigenvalue weighted by molar-refractivity contribution is -0.148. The van der Waals surface area contributed by atoms with Crippen LogP contribution in [0, 0.1) is 19.8 Å². The molecule has 1 aliphatic heterocycles. The molecule has 1 aromatic heterocycles. The monoisotopic (exact) mass is 421 g/mol. The number of carbonyl (C=O) groups excluding carboxylic acids is 2. The van der Waals surface area contributed by atoms with Gasteiger partial charge in [-0.25, -0.2) is 8.42 Å². The van der Waals surface area contributed by atoms with Gasteiger partial charge in [-0.2, -0.15) is 4.31 Å². The highest BCUT2D eigenvalue weighted by Gasteiger charge is 2.33. The lowest BCUT2D eigenvalue weighted by Crippen LogP contribution is -2.40. The second-order valence-corrected chi connectivity index (χ2v) is 10.1. The molecule has 2 heterocycles. The van der Waals surface area contributed by atoms with Crippen molar-refractivity contribution in [1.29, 1.82) is 0 Å². The summed E-state index contributed by atoms with van der Waals surface area (Å²) in [6.45, 7) is 3.99.